The molecule has 0 aliphatic carbocycles. The van der Waals surface area contributed by atoms with Gasteiger partial charge in [0.1, 0.15) is 14.2 Å². The van der Waals surface area contributed by atoms with Crippen molar-refractivity contribution in [1.29, 1.82) is 0 Å². The molecule has 0 radical (unpaired) electrons. The van der Waals surface area contributed by atoms with E-state index in [1.54, 1.807) is 0 Å². The first-order chi connectivity index (χ1) is 11.0. The number of carbonyl (C=O) groups is 1. The van der Waals surface area contributed by atoms with Crippen LogP contribution in [0.25, 0.3) is 0 Å². The first kappa shape index (κ1) is 20.6. The van der Waals surface area contributed by atoms with Gasteiger partial charge in [0.05, 0.1) is 12.2 Å². The third kappa shape index (κ3) is 7.90. The Morgan fingerprint density at radius 1 is 1.29 bits per heavy atom. The van der Waals surface area contributed by atoms with Crippen molar-refractivity contribution in [2.75, 3.05) is 0 Å². The van der Waals surface area contributed by atoms with Gasteiger partial charge in [0, 0.05) is 25.7 Å². The molecule has 1 aliphatic rings. The summed E-state index contributed by atoms with van der Waals surface area (Å²) in [5, 5.41) is 0. The van der Waals surface area contributed by atoms with E-state index >= 15 is 0 Å². The molecule has 134 valence electrons. The summed E-state index contributed by atoms with van der Waals surface area (Å²) in [4.78, 5) is 11.1. The highest BCUT2D eigenvalue weighted by molar-refractivity contribution is 6.83. The second kappa shape index (κ2) is 8.59. The molecule has 1 fully saturated rings. The predicted octanol–water partition coefficient (Wildman–Crippen LogP) is 3.69. The highest BCUT2D eigenvalue weighted by Crippen LogP contribution is 2.28. The zero-order chi connectivity index (χ0) is 18.4. The average Bonchev–Trinajstić information content (AvgIpc) is 2.42. The van der Waals surface area contributed by atoms with Crippen LogP contribution in [0, 0.1) is 23.8 Å². The molecule has 3 atom stereocenters. The lowest BCUT2D eigenvalue weighted by Gasteiger charge is -2.34. The summed E-state index contributed by atoms with van der Waals surface area (Å²) < 4.78 is 47.6. The van der Waals surface area contributed by atoms with E-state index in [1.807, 2.05) is 0 Å². The minimum atomic E-state index is -4.99. The van der Waals surface area contributed by atoms with Crippen LogP contribution in [-0.2, 0) is 14.3 Å². The summed E-state index contributed by atoms with van der Waals surface area (Å²) in [6, 6.07) is 0. The van der Waals surface area contributed by atoms with Gasteiger partial charge in [0.2, 0.25) is 0 Å². The topological polar surface area (TPSA) is 35.5 Å². The second-order valence-corrected chi connectivity index (χ2v) is 11.6. The Morgan fingerprint density at radius 3 is 2.46 bits per heavy atom. The highest BCUT2D eigenvalue weighted by Gasteiger charge is 2.43. The quantitative estimate of drug-likeness (QED) is 0.436. The Morgan fingerprint density at radius 2 is 1.92 bits per heavy atom. The third-order valence-electron chi connectivity index (χ3n) is 3.35. The molecule has 3 nitrogen and oxygen atoms in total. The van der Waals surface area contributed by atoms with E-state index in [-0.39, 0.29) is 25.0 Å². The van der Waals surface area contributed by atoms with Crippen molar-refractivity contribution in [3.05, 3.63) is 0 Å². The van der Waals surface area contributed by atoms with E-state index in [9.17, 15) is 18.0 Å². The fourth-order valence-electron chi connectivity index (χ4n) is 2.37. The van der Waals surface area contributed by atoms with Crippen molar-refractivity contribution >= 4 is 14.0 Å². The molecule has 0 bridgehead atoms. The summed E-state index contributed by atoms with van der Waals surface area (Å²) in [5.41, 5.74) is 3.20. The molecular weight excluding hydrogens is 337 g/mol. The van der Waals surface area contributed by atoms with E-state index in [0.29, 0.717) is 19.3 Å². The van der Waals surface area contributed by atoms with Crippen molar-refractivity contribution in [3.63, 3.8) is 0 Å². The minimum Gasteiger partial charge on any atom is -0.456 e. The molecular formula is C17H23F3O3Si. The normalized spacial score (nSPS) is 24.5. The Kier molecular flexibility index (Phi) is 7.38. The Labute approximate surface area is 142 Å². The molecule has 0 N–H and O–H groups in total. The zero-order valence-corrected chi connectivity index (χ0v) is 15.2. The number of esters is 1. The van der Waals surface area contributed by atoms with Crippen molar-refractivity contribution < 1.29 is 27.4 Å². The SMILES string of the molecule is C#CCC[C@H]1C[C@@H](OC(=O)C(F)(F)F)C[C@@H](CC#C[Si](C)(C)C)O1. The molecule has 0 unspecified atom stereocenters. The van der Waals surface area contributed by atoms with Gasteiger partial charge in [-0.15, -0.1) is 23.8 Å². The third-order valence-corrected chi connectivity index (χ3v) is 4.27. The van der Waals surface area contributed by atoms with Crippen LogP contribution in [0.4, 0.5) is 13.2 Å². The van der Waals surface area contributed by atoms with E-state index in [2.05, 4.69) is 41.8 Å². The Bertz CT molecular complexity index is 534. The molecule has 24 heavy (non-hydrogen) atoms. The zero-order valence-electron chi connectivity index (χ0n) is 14.2. The van der Waals surface area contributed by atoms with Gasteiger partial charge < -0.3 is 9.47 Å². The van der Waals surface area contributed by atoms with Crippen molar-refractivity contribution in [2.45, 2.75) is 76.2 Å². The van der Waals surface area contributed by atoms with Crippen LogP contribution >= 0.6 is 0 Å². The van der Waals surface area contributed by atoms with Crippen LogP contribution < -0.4 is 0 Å². The van der Waals surface area contributed by atoms with Gasteiger partial charge in [0.25, 0.3) is 0 Å². The van der Waals surface area contributed by atoms with Crippen molar-refractivity contribution in [3.8, 4) is 23.8 Å². The number of hydrogen-bond acceptors (Lipinski definition) is 3. The van der Waals surface area contributed by atoms with E-state index in [1.165, 1.54) is 0 Å². The molecule has 1 aliphatic heterocycles. The first-order valence-corrected chi connectivity index (χ1v) is 11.4. The monoisotopic (exact) mass is 360 g/mol. The van der Waals surface area contributed by atoms with Crippen molar-refractivity contribution in [2.24, 2.45) is 0 Å². The molecule has 0 aromatic heterocycles. The largest absolute Gasteiger partial charge is 0.490 e. The highest BCUT2D eigenvalue weighted by atomic mass is 28.3. The smallest absolute Gasteiger partial charge is 0.456 e. The molecule has 7 heteroatoms. The summed E-state index contributed by atoms with van der Waals surface area (Å²) in [7, 11) is -1.53. The maximum atomic E-state index is 12.4. The molecule has 0 spiro atoms. The first-order valence-electron chi connectivity index (χ1n) is 7.88. The lowest BCUT2D eigenvalue weighted by molar-refractivity contribution is -0.212. The molecule has 1 saturated heterocycles. The maximum Gasteiger partial charge on any atom is 0.490 e. The van der Waals surface area contributed by atoms with Gasteiger partial charge in [-0.1, -0.05) is 19.6 Å². The van der Waals surface area contributed by atoms with Gasteiger partial charge in [-0.3, -0.25) is 0 Å². The van der Waals surface area contributed by atoms with Gasteiger partial charge in [-0.2, -0.15) is 13.2 Å². The molecule has 1 heterocycles. The standard InChI is InChI=1S/C17H23F3O3Si/c1-5-6-8-13-11-15(23-16(21)17(18,19)20)12-14(22-13)9-7-10-24(2,3)4/h1,13-15H,6,8-9,11-12H2,2-4H3/t13-,14+,15+/m0/s1. The number of carbonyl (C=O) groups excluding carboxylic acids is 1. The molecule has 0 aromatic carbocycles. The Balaban J connectivity index is 2.72. The number of alkyl halides is 3. The molecule has 1 rings (SSSR count). The lowest BCUT2D eigenvalue weighted by atomic mass is 9.96. The van der Waals surface area contributed by atoms with E-state index in [4.69, 9.17) is 11.2 Å². The van der Waals surface area contributed by atoms with Gasteiger partial charge in [-0.05, 0) is 6.42 Å². The van der Waals surface area contributed by atoms with Crippen LogP contribution in [0.15, 0.2) is 0 Å². The van der Waals surface area contributed by atoms with E-state index in [0.717, 1.165) is 0 Å². The van der Waals surface area contributed by atoms with Crippen LogP contribution in [0.5, 0.6) is 0 Å². The fraction of sp³-hybridized carbons (Fsp3) is 0.706. The lowest BCUT2D eigenvalue weighted by Crippen LogP contribution is -2.40. The van der Waals surface area contributed by atoms with Crippen LogP contribution in [0.3, 0.4) is 0 Å². The van der Waals surface area contributed by atoms with Crippen molar-refractivity contribution in [1.82, 2.24) is 0 Å². The van der Waals surface area contributed by atoms with Crippen LogP contribution in [-0.4, -0.2) is 38.5 Å². The molecule has 0 saturated carbocycles. The van der Waals surface area contributed by atoms with Gasteiger partial charge in [0.15, 0.2) is 0 Å². The number of rotatable bonds is 4. The summed E-state index contributed by atoms with van der Waals surface area (Å²) in [6.07, 6.45) is 0.575. The molecule has 0 aromatic rings. The summed E-state index contributed by atoms with van der Waals surface area (Å²) in [5.74, 6) is 3.39. The van der Waals surface area contributed by atoms with Crippen LogP contribution in [0.2, 0.25) is 19.6 Å². The van der Waals surface area contributed by atoms with Crippen LogP contribution in [0.1, 0.15) is 32.1 Å². The average molecular weight is 360 g/mol. The number of hydrogen-bond donors (Lipinski definition) is 0. The number of terminal acetylenes is 1. The number of ether oxygens (including phenoxy) is 2. The second-order valence-electron chi connectivity index (χ2n) is 6.88. The fourth-order valence-corrected chi connectivity index (χ4v) is 3.00. The van der Waals surface area contributed by atoms with E-state index < -0.39 is 26.3 Å². The van der Waals surface area contributed by atoms with Gasteiger partial charge in [-0.25, -0.2) is 4.79 Å². The summed E-state index contributed by atoms with van der Waals surface area (Å²) in [6.45, 7) is 6.31. The maximum absolute atomic E-state index is 12.4. The summed E-state index contributed by atoms with van der Waals surface area (Å²) >= 11 is 0. The predicted molar refractivity (Wildman–Crippen MR) is 87.6 cm³/mol. The van der Waals surface area contributed by atoms with Gasteiger partial charge >= 0.3 is 12.1 Å². The number of halogens is 3. The minimum absolute atomic E-state index is 0.217. The molecule has 0 amide bonds. The Hall–Kier alpha value is -1.44.